The normalized spacial score (nSPS) is 17.5. The van der Waals surface area contributed by atoms with Crippen molar-refractivity contribution in [3.05, 3.63) is 53.3 Å². The summed E-state index contributed by atoms with van der Waals surface area (Å²) in [6, 6.07) is 6.74. The minimum Gasteiger partial charge on any atom is -0.396 e. The third kappa shape index (κ3) is 4.65. The summed E-state index contributed by atoms with van der Waals surface area (Å²) in [5.74, 6) is -2.33. The number of nitrogens with zero attached hydrogens (tertiary/aromatic N) is 3. The van der Waals surface area contributed by atoms with E-state index >= 15 is 0 Å². The number of benzene rings is 2. The lowest BCUT2D eigenvalue weighted by molar-refractivity contribution is -0.137. The number of aliphatic hydroxyl groups excluding tert-OH is 1. The largest absolute Gasteiger partial charge is 0.416 e. The Morgan fingerprint density at radius 2 is 1.97 bits per heavy atom. The molecule has 2 heterocycles. The Balaban J connectivity index is 1.52. The first-order chi connectivity index (χ1) is 17.1. The van der Waals surface area contributed by atoms with E-state index in [0.29, 0.717) is 48.5 Å². The predicted molar refractivity (Wildman–Crippen MR) is 121 cm³/mol. The van der Waals surface area contributed by atoms with E-state index in [0.717, 1.165) is 18.9 Å². The van der Waals surface area contributed by atoms with Crippen LogP contribution in [-0.2, 0) is 22.3 Å². The Kier molecular flexibility index (Phi) is 5.95. The first-order valence-electron chi connectivity index (χ1n) is 11.3. The Morgan fingerprint density at radius 3 is 2.64 bits per heavy atom. The van der Waals surface area contributed by atoms with E-state index in [9.17, 15) is 32.3 Å². The zero-order chi connectivity index (χ0) is 25.7. The Bertz CT molecular complexity index is 1350. The molecule has 1 saturated carbocycles. The van der Waals surface area contributed by atoms with Crippen LogP contribution in [0.3, 0.4) is 0 Å². The van der Waals surface area contributed by atoms with E-state index in [1.54, 1.807) is 27.7 Å². The number of alkyl halides is 3. The summed E-state index contributed by atoms with van der Waals surface area (Å²) in [4.78, 5) is 31.1. The van der Waals surface area contributed by atoms with Gasteiger partial charge in [0.2, 0.25) is 5.95 Å². The lowest BCUT2D eigenvalue weighted by Crippen LogP contribution is -2.41. The van der Waals surface area contributed by atoms with Gasteiger partial charge in [-0.05, 0) is 49.2 Å². The first kappa shape index (κ1) is 24.2. The van der Waals surface area contributed by atoms with Crippen molar-refractivity contribution >= 4 is 34.5 Å². The molecule has 1 aliphatic heterocycles. The van der Waals surface area contributed by atoms with Crippen LogP contribution in [0.1, 0.15) is 28.8 Å². The van der Waals surface area contributed by atoms with E-state index in [2.05, 4.69) is 10.3 Å². The maximum Gasteiger partial charge on any atom is 0.416 e. The number of anilines is 2. The molecule has 2 fully saturated rings. The molecule has 0 unspecified atom stereocenters. The lowest BCUT2D eigenvalue weighted by atomic mass is 10.1. The van der Waals surface area contributed by atoms with Gasteiger partial charge in [0.1, 0.15) is 12.4 Å². The van der Waals surface area contributed by atoms with Gasteiger partial charge in [-0.2, -0.15) is 13.2 Å². The van der Waals surface area contributed by atoms with Gasteiger partial charge >= 0.3 is 6.18 Å². The number of hydrogen-bond acceptors (Lipinski definition) is 5. The Hall–Kier alpha value is -3.51. The molecule has 0 spiro atoms. The number of halogens is 4. The van der Waals surface area contributed by atoms with Crippen LogP contribution in [0.2, 0.25) is 0 Å². The van der Waals surface area contributed by atoms with Crippen LogP contribution < -0.4 is 10.2 Å². The average Bonchev–Trinajstić information content (AvgIpc) is 3.54. The van der Waals surface area contributed by atoms with Crippen molar-refractivity contribution in [3.8, 4) is 0 Å². The molecule has 8 nitrogen and oxygen atoms in total. The van der Waals surface area contributed by atoms with Gasteiger partial charge in [0, 0.05) is 29.8 Å². The van der Waals surface area contributed by atoms with Crippen molar-refractivity contribution < 1.29 is 37.0 Å². The molecular weight excluding hydrogens is 484 g/mol. The third-order valence-electron chi connectivity index (χ3n) is 6.53. The fraction of sp³-hybridized carbons (Fsp3) is 0.375. The highest BCUT2D eigenvalue weighted by Crippen LogP contribution is 2.47. The molecule has 3 aromatic rings. The maximum absolute atomic E-state index is 13.9. The number of rotatable bonds is 6. The monoisotopic (exact) mass is 506 g/mol. The summed E-state index contributed by atoms with van der Waals surface area (Å²) >= 11 is 0. The summed E-state index contributed by atoms with van der Waals surface area (Å²) in [5.41, 5.74) is -0.562. The molecule has 2 aromatic carbocycles. The maximum atomic E-state index is 13.9. The quantitative estimate of drug-likeness (QED) is 0.499. The van der Waals surface area contributed by atoms with E-state index in [1.807, 2.05) is 0 Å². The SMILES string of the molecule is O=C(Nc1nc2cc(N3CCOCC3=O)ccc2n1CC1(CO)CC1)c1cc(F)cc(C(F)(F)F)c1. The second-order valence-electron chi connectivity index (χ2n) is 9.13. The zero-order valence-electron chi connectivity index (χ0n) is 18.9. The van der Waals surface area contributed by atoms with Gasteiger partial charge in [0.25, 0.3) is 11.8 Å². The van der Waals surface area contributed by atoms with Gasteiger partial charge in [-0.3, -0.25) is 14.9 Å². The number of aromatic nitrogens is 2. The van der Waals surface area contributed by atoms with E-state index in [-0.39, 0.29) is 25.1 Å². The molecule has 36 heavy (non-hydrogen) atoms. The molecule has 1 saturated heterocycles. The summed E-state index contributed by atoms with van der Waals surface area (Å²) < 4.78 is 60.1. The van der Waals surface area contributed by atoms with Gasteiger partial charge in [-0.1, -0.05) is 0 Å². The van der Waals surface area contributed by atoms with Crippen molar-refractivity contribution in [1.82, 2.24) is 9.55 Å². The van der Waals surface area contributed by atoms with Crippen molar-refractivity contribution in [3.63, 3.8) is 0 Å². The highest BCUT2D eigenvalue weighted by atomic mass is 19.4. The van der Waals surface area contributed by atoms with E-state index < -0.39 is 34.4 Å². The van der Waals surface area contributed by atoms with Crippen LogP contribution in [0.5, 0.6) is 0 Å². The molecule has 2 aliphatic rings. The summed E-state index contributed by atoms with van der Waals surface area (Å²) in [6.07, 6.45) is -3.30. The molecule has 2 N–H and O–H groups in total. The van der Waals surface area contributed by atoms with Gasteiger partial charge in [-0.25, -0.2) is 9.37 Å². The number of hydrogen-bond donors (Lipinski definition) is 2. The van der Waals surface area contributed by atoms with Crippen LogP contribution in [0.15, 0.2) is 36.4 Å². The molecule has 190 valence electrons. The lowest BCUT2D eigenvalue weighted by Gasteiger charge is -2.26. The van der Waals surface area contributed by atoms with Crippen molar-refractivity contribution in [2.24, 2.45) is 5.41 Å². The molecule has 1 aromatic heterocycles. The third-order valence-corrected chi connectivity index (χ3v) is 6.53. The molecule has 2 amide bonds. The Labute approximate surface area is 202 Å². The number of carbonyl (C=O) groups is 2. The highest BCUT2D eigenvalue weighted by Gasteiger charge is 2.43. The number of imidazole rings is 1. The number of ether oxygens (including phenoxy) is 1. The average molecular weight is 506 g/mol. The number of aliphatic hydroxyl groups is 1. The Morgan fingerprint density at radius 1 is 1.19 bits per heavy atom. The standard InChI is InChI=1S/C24H22F4N4O4/c25-16-8-14(7-15(9-16)24(26,27)28)21(35)30-22-29-18-10-17(31-5-6-36-11-20(31)34)1-2-19(18)32(22)12-23(13-33)3-4-23/h1-2,7-10,33H,3-6,11-13H2,(H,29,30,35). The number of fused-ring (bicyclic) bond motifs is 1. The molecule has 0 radical (unpaired) electrons. The fourth-order valence-corrected chi connectivity index (χ4v) is 4.27. The van der Waals surface area contributed by atoms with Crippen LogP contribution in [0.4, 0.5) is 29.2 Å². The van der Waals surface area contributed by atoms with Gasteiger partial charge in [-0.15, -0.1) is 0 Å². The number of morpholine rings is 1. The van der Waals surface area contributed by atoms with E-state index in [1.165, 1.54) is 0 Å². The fourth-order valence-electron chi connectivity index (χ4n) is 4.27. The number of carbonyl (C=O) groups excluding carboxylic acids is 2. The molecule has 0 atom stereocenters. The minimum absolute atomic E-state index is 0.0398. The van der Waals surface area contributed by atoms with Crippen LogP contribution >= 0.6 is 0 Å². The summed E-state index contributed by atoms with van der Waals surface area (Å²) in [5, 5.41) is 12.3. The second kappa shape index (κ2) is 8.86. The summed E-state index contributed by atoms with van der Waals surface area (Å²) in [7, 11) is 0. The summed E-state index contributed by atoms with van der Waals surface area (Å²) in [6.45, 7) is 0.928. The van der Waals surface area contributed by atoms with Crippen LogP contribution in [0.25, 0.3) is 11.0 Å². The van der Waals surface area contributed by atoms with Crippen LogP contribution in [-0.4, -0.2) is 52.8 Å². The molecule has 1 aliphatic carbocycles. The van der Waals surface area contributed by atoms with Gasteiger partial charge in [0.05, 0.1) is 29.8 Å². The van der Waals surface area contributed by atoms with Crippen LogP contribution in [0, 0.1) is 11.2 Å². The highest BCUT2D eigenvalue weighted by molar-refractivity contribution is 6.04. The van der Waals surface area contributed by atoms with Gasteiger partial charge in [0.15, 0.2) is 0 Å². The molecular formula is C24H22F4N4O4. The van der Waals surface area contributed by atoms with E-state index in [4.69, 9.17) is 4.74 Å². The number of nitrogens with one attached hydrogen (secondary N) is 1. The minimum atomic E-state index is -4.82. The molecule has 12 heteroatoms. The van der Waals surface area contributed by atoms with Crippen molar-refractivity contribution in [2.75, 3.05) is 36.6 Å². The number of amides is 2. The smallest absolute Gasteiger partial charge is 0.396 e. The predicted octanol–water partition coefficient (Wildman–Crippen LogP) is 3.58. The molecule has 5 rings (SSSR count). The van der Waals surface area contributed by atoms with Gasteiger partial charge < -0.3 is 19.3 Å². The van der Waals surface area contributed by atoms with Crippen molar-refractivity contribution in [1.29, 1.82) is 0 Å². The van der Waals surface area contributed by atoms with Crippen molar-refractivity contribution in [2.45, 2.75) is 25.6 Å². The second-order valence-corrected chi connectivity index (χ2v) is 9.13. The molecule has 0 bridgehead atoms. The first-order valence-corrected chi connectivity index (χ1v) is 11.3. The zero-order valence-corrected chi connectivity index (χ0v) is 18.9. The topological polar surface area (TPSA) is 96.7 Å².